The van der Waals surface area contributed by atoms with Crippen LogP contribution in [0.15, 0.2) is 52.9 Å². The standard InChI is InChI=1S/C22H20N4O2/c1-13-14(2)25-19-11-17(9-10-18(19)24-13)22(27)23-12-20-26-21(15(3)28-20)16-7-5-4-6-8-16/h4-11H,12H2,1-3H3,(H,23,27). The molecule has 0 bridgehead atoms. The zero-order valence-corrected chi connectivity index (χ0v) is 16.0. The maximum absolute atomic E-state index is 12.5. The molecule has 1 N–H and O–H groups in total. The van der Waals surface area contributed by atoms with Gasteiger partial charge in [0.15, 0.2) is 0 Å². The van der Waals surface area contributed by atoms with E-state index in [1.165, 1.54) is 0 Å². The van der Waals surface area contributed by atoms with E-state index in [9.17, 15) is 4.79 Å². The lowest BCUT2D eigenvalue weighted by Gasteiger charge is -2.06. The van der Waals surface area contributed by atoms with Gasteiger partial charge in [0, 0.05) is 11.1 Å². The highest BCUT2D eigenvalue weighted by molar-refractivity contribution is 5.97. The van der Waals surface area contributed by atoms with Gasteiger partial charge >= 0.3 is 0 Å². The second-order valence-electron chi connectivity index (χ2n) is 6.66. The fourth-order valence-electron chi connectivity index (χ4n) is 3.02. The van der Waals surface area contributed by atoms with Crippen molar-refractivity contribution in [3.63, 3.8) is 0 Å². The monoisotopic (exact) mass is 372 g/mol. The normalized spacial score (nSPS) is 11.0. The number of nitrogens with one attached hydrogen (secondary N) is 1. The molecule has 0 saturated heterocycles. The molecule has 0 spiro atoms. The molecule has 140 valence electrons. The Morgan fingerprint density at radius 3 is 2.39 bits per heavy atom. The number of nitrogens with zero attached hydrogens (tertiary/aromatic N) is 3. The second kappa shape index (κ2) is 7.23. The summed E-state index contributed by atoms with van der Waals surface area (Å²) in [5.41, 5.74) is 5.52. The molecular formula is C22H20N4O2. The van der Waals surface area contributed by atoms with E-state index in [0.717, 1.165) is 33.9 Å². The van der Waals surface area contributed by atoms with Gasteiger partial charge in [-0.25, -0.2) is 15.0 Å². The third kappa shape index (κ3) is 3.49. The van der Waals surface area contributed by atoms with Crippen molar-refractivity contribution in [2.75, 3.05) is 0 Å². The van der Waals surface area contributed by atoms with Crippen molar-refractivity contribution < 1.29 is 9.21 Å². The van der Waals surface area contributed by atoms with E-state index in [4.69, 9.17) is 4.42 Å². The summed E-state index contributed by atoms with van der Waals surface area (Å²) < 4.78 is 5.71. The number of hydrogen-bond acceptors (Lipinski definition) is 5. The lowest BCUT2D eigenvalue weighted by Crippen LogP contribution is -2.23. The minimum Gasteiger partial charge on any atom is -0.443 e. The van der Waals surface area contributed by atoms with Crippen LogP contribution in [0.5, 0.6) is 0 Å². The predicted octanol–water partition coefficient (Wildman–Crippen LogP) is 4.14. The molecule has 4 aromatic rings. The molecule has 2 heterocycles. The first-order valence-electron chi connectivity index (χ1n) is 9.06. The third-order valence-electron chi connectivity index (χ3n) is 4.63. The Kier molecular flexibility index (Phi) is 4.61. The van der Waals surface area contributed by atoms with Gasteiger partial charge in [0.05, 0.1) is 29.0 Å². The Labute approximate surface area is 162 Å². The van der Waals surface area contributed by atoms with Crippen LogP contribution in [0.4, 0.5) is 0 Å². The molecule has 4 rings (SSSR count). The molecule has 28 heavy (non-hydrogen) atoms. The number of hydrogen-bond donors (Lipinski definition) is 1. The van der Waals surface area contributed by atoms with Crippen molar-refractivity contribution in [1.82, 2.24) is 20.3 Å². The van der Waals surface area contributed by atoms with Crippen molar-refractivity contribution >= 4 is 16.9 Å². The maximum Gasteiger partial charge on any atom is 0.251 e. The quantitative estimate of drug-likeness (QED) is 0.582. The van der Waals surface area contributed by atoms with Crippen LogP contribution in [0, 0.1) is 20.8 Å². The van der Waals surface area contributed by atoms with Crippen molar-refractivity contribution in [2.24, 2.45) is 0 Å². The molecule has 0 radical (unpaired) electrons. The number of carbonyl (C=O) groups excluding carboxylic acids is 1. The van der Waals surface area contributed by atoms with Gasteiger partial charge < -0.3 is 9.73 Å². The zero-order chi connectivity index (χ0) is 19.7. The Hall–Kier alpha value is -3.54. The van der Waals surface area contributed by atoms with Crippen LogP contribution in [0.1, 0.15) is 33.4 Å². The van der Waals surface area contributed by atoms with Gasteiger partial charge in [-0.2, -0.15) is 0 Å². The second-order valence-corrected chi connectivity index (χ2v) is 6.66. The molecule has 0 unspecified atom stereocenters. The summed E-state index contributed by atoms with van der Waals surface area (Å²) in [4.78, 5) is 26.1. The van der Waals surface area contributed by atoms with Gasteiger partial charge in [-0.3, -0.25) is 4.79 Å². The summed E-state index contributed by atoms with van der Waals surface area (Å²) in [5.74, 6) is 0.984. The van der Waals surface area contributed by atoms with Crippen molar-refractivity contribution in [1.29, 1.82) is 0 Å². The Morgan fingerprint density at radius 2 is 1.64 bits per heavy atom. The van der Waals surface area contributed by atoms with Gasteiger partial charge in [-0.1, -0.05) is 30.3 Å². The Balaban J connectivity index is 1.50. The topological polar surface area (TPSA) is 80.9 Å². The van der Waals surface area contributed by atoms with Crippen LogP contribution in [0.3, 0.4) is 0 Å². The van der Waals surface area contributed by atoms with E-state index in [0.29, 0.717) is 17.0 Å². The van der Waals surface area contributed by atoms with Crippen molar-refractivity contribution in [3.05, 3.63) is 77.1 Å². The molecule has 6 nitrogen and oxygen atoms in total. The zero-order valence-electron chi connectivity index (χ0n) is 16.0. The molecule has 0 saturated carbocycles. The lowest BCUT2D eigenvalue weighted by molar-refractivity contribution is 0.0947. The number of amides is 1. The highest BCUT2D eigenvalue weighted by Gasteiger charge is 2.13. The average molecular weight is 372 g/mol. The maximum atomic E-state index is 12.5. The molecule has 6 heteroatoms. The number of aromatic nitrogens is 3. The number of oxazole rings is 1. The van der Waals surface area contributed by atoms with Gasteiger partial charge in [0.25, 0.3) is 5.91 Å². The first-order valence-corrected chi connectivity index (χ1v) is 9.06. The SMILES string of the molecule is Cc1nc2ccc(C(=O)NCc3nc(-c4ccccc4)c(C)o3)cc2nc1C. The van der Waals surface area contributed by atoms with Crippen molar-refractivity contribution in [3.8, 4) is 11.3 Å². The summed E-state index contributed by atoms with van der Waals surface area (Å²) in [6.07, 6.45) is 0. The van der Waals surface area contributed by atoms with Crippen LogP contribution in [-0.2, 0) is 6.54 Å². The highest BCUT2D eigenvalue weighted by atomic mass is 16.4. The number of rotatable bonds is 4. The minimum atomic E-state index is -0.209. The smallest absolute Gasteiger partial charge is 0.251 e. The molecule has 0 aliphatic heterocycles. The Bertz CT molecular complexity index is 1170. The molecule has 0 atom stereocenters. The van der Waals surface area contributed by atoms with E-state index in [-0.39, 0.29) is 12.5 Å². The van der Waals surface area contributed by atoms with Crippen LogP contribution in [0.25, 0.3) is 22.3 Å². The van der Waals surface area contributed by atoms with Crippen LogP contribution < -0.4 is 5.32 Å². The number of benzene rings is 2. The average Bonchev–Trinajstić information content (AvgIpc) is 3.08. The van der Waals surface area contributed by atoms with Crippen molar-refractivity contribution in [2.45, 2.75) is 27.3 Å². The molecule has 1 amide bonds. The first-order chi connectivity index (χ1) is 13.5. The number of fused-ring (bicyclic) bond motifs is 1. The minimum absolute atomic E-state index is 0.209. The molecule has 0 aliphatic rings. The third-order valence-corrected chi connectivity index (χ3v) is 4.63. The first kappa shape index (κ1) is 17.9. The molecule has 2 aromatic heterocycles. The van der Waals surface area contributed by atoms with Gasteiger partial charge in [-0.15, -0.1) is 0 Å². The van der Waals surface area contributed by atoms with E-state index in [2.05, 4.69) is 20.3 Å². The van der Waals surface area contributed by atoms with Gasteiger partial charge in [0.1, 0.15) is 11.5 Å². The highest BCUT2D eigenvalue weighted by Crippen LogP contribution is 2.23. The molecule has 0 fully saturated rings. The van der Waals surface area contributed by atoms with Crippen LogP contribution in [-0.4, -0.2) is 20.9 Å². The van der Waals surface area contributed by atoms with E-state index < -0.39 is 0 Å². The van der Waals surface area contributed by atoms with E-state index in [1.807, 2.05) is 57.2 Å². The molecular weight excluding hydrogens is 352 g/mol. The number of aryl methyl sites for hydroxylation is 3. The molecule has 2 aromatic carbocycles. The predicted molar refractivity (Wildman–Crippen MR) is 107 cm³/mol. The lowest BCUT2D eigenvalue weighted by atomic mass is 10.1. The Morgan fingerprint density at radius 1 is 0.929 bits per heavy atom. The summed E-state index contributed by atoms with van der Waals surface area (Å²) >= 11 is 0. The van der Waals surface area contributed by atoms with Crippen LogP contribution in [0.2, 0.25) is 0 Å². The summed E-state index contributed by atoms with van der Waals surface area (Å²) in [5, 5.41) is 2.85. The summed E-state index contributed by atoms with van der Waals surface area (Å²) in [7, 11) is 0. The van der Waals surface area contributed by atoms with Gasteiger partial charge in [0.2, 0.25) is 5.89 Å². The van der Waals surface area contributed by atoms with E-state index in [1.54, 1.807) is 12.1 Å². The van der Waals surface area contributed by atoms with Gasteiger partial charge in [-0.05, 0) is 39.0 Å². The van der Waals surface area contributed by atoms with Crippen LogP contribution >= 0.6 is 0 Å². The largest absolute Gasteiger partial charge is 0.443 e. The summed E-state index contributed by atoms with van der Waals surface area (Å²) in [6.45, 7) is 5.91. The van der Waals surface area contributed by atoms with E-state index >= 15 is 0 Å². The fourth-order valence-corrected chi connectivity index (χ4v) is 3.02. The molecule has 0 aliphatic carbocycles. The number of carbonyl (C=O) groups is 1. The fraction of sp³-hybridized carbons (Fsp3) is 0.182. The summed E-state index contributed by atoms with van der Waals surface area (Å²) in [6, 6.07) is 15.1.